The lowest BCUT2D eigenvalue weighted by molar-refractivity contribution is 0.0691. The summed E-state index contributed by atoms with van der Waals surface area (Å²) in [5.41, 5.74) is -0.261. The number of aromatic carboxylic acids is 1. The molecule has 0 fully saturated rings. The molecule has 0 radical (unpaired) electrons. The minimum Gasteiger partial charge on any atom is -0.478 e. The third kappa shape index (κ3) is 1.56. The summed E-state index contributed by atoms with van der Waals surface area (Å²) in [4.78, 5) is 10.8. The van der Waals surface area contributed by atoms with Gasteiger partial charge in [0.25, 0.3) is 0 Å². The molecule has 0 bridgehead atoms. The number of benzene rings is 1. The lowest BCUT2D eigenvalue weighted by atomic mass is 10.1. The Kier molecular flexibility index (Phi) is 2.17. The molecule has 0 aliphatic rings. The second-order valence-corrected chi connectivity index (χ2v) is 2.79. The molecule has 5 nitrogen and oxygen atoms in total. The number of hydrogen-bond acceptors (Lipinski definition) is 3. The number of carbonyl (C=O) groups is 1. The van der Waals surface area contributed by atoms with Gasteiger partial charge in [-0.1, -0.05) is 11.3 Å². The third-order valence-electron chi connectivity index (χ3n) is 1.87. The Morgan fingerprint density at radius 3 is 2.87 bits per heavy atom. The first-order chi connectivity index (χ1) is 7.20. The Morgan fingerprint density at radius 1 is 1.47 bits per heavy atom. The molecule has 1 aromatic heterocycles. The summed E-state index contributed by atoms with van der Waals surface area (Å²) in [6.07, 6.45) is 2.83. The van der Waals surface area contributed by atoms with Gasteiger partial charge in [0.2, 0.25) is 0 Å². The van der Waals surface area contributed by atoms with Gasteiger partial charge in [0.1, 0.15) is 11.4 Å². The van der Waals surface area contributed by atoms with E-state index >= 15 is 0 Å². The Morgan fingerprint density at radius 2 is 2.27 bits per heavy atom. The first-order valence-corrected chi connectivity index (χ1v) is 4.08. The van der Waals surface area contributed by atoms with E-state index in [-0.39, 0.29) is 5.69 Å². The van der Waals surface area contributed by atoms with Crippen molar-refractivity contribution in [2.75, 3.05) is 0 Å². The van der Waals surface area contributed by atoms with Crippen LogP contribution in [0.15, 0.2) is 30.6 Å². The van der Waals surface area contributed by atoms with Crippen LogP contribution in [-0.4, -0.2) is 26.1 Å². The highest BCUT2D eigenvalue weighted by Gasteiger charge is 2.16. The van der Waals surface area contributed by atoms with Gasteiger partial charge in [0, 0.05) is 0 Å². The van der Waals surface area contributed by atoms with Crippen LogP contribution in [0.1, 0.15) is 10.4 Å². The SMILES string of the molecule is O=C(O)c1c(F)cccc1-n1ccnn1. The average Bonchev–Trinajstić information content (AvgIpc) is 2.69. The van der Waals surface area contributed by atoms with Gasteiger partial charge in [-0.2, -0.15) is 0 Å². The number of halogens is 1. The molecule has 15 heavy (non-hydrogen) atoms. The van der Waals surface area contributed by atoms with E-state index < -0.39 is 17.3 Å². The summed E-state index contributed by atoms with van der Waals surface area (Å²) in [7, 11) is 0. The number of carboxylic acid groups (broad SMARTS) is 1. The largest absolute Gasteiger partial charge is 0.478 e. The molecule has 0 atom stereocenters. The Labute approximate surface area is 83.8 Å². The predicted octanol–water partition coefficient (Wildman–Crippen LogP) is 1.10. The molecule has 6 heteroatoms. The maximum Gasteiger partial charge on any atom is 0.340 e. The highest BCUT2D eigenvalue weighted by Crippen LogP contribution is 2.16. The lowest BCUT2D eigenvalue weighted by Gasteiger charge is -2.05. The zero-order valence-electron chi connectivity index (χ0n) is 7.46. The van der Waals surface area contributed by atoms with E-state index in [1.54, 1.807) is 0 Å². The van der Waals surface area contributed by atoms with Gasteiger partial charge in [0.05, 0.1) is 18.1 Å². The van der Waals surface area contributed by atoms with Crippen molar-refractivity contribution in [3.63, 3.8) is 0 Å². The number of aromatic nitrogens is 3. The molecule has 1 aromatic carbocycles. The van der Waals surface area contributed by atoms with Crippen LogP contribution in [0.4, 0.5) is 4.39 Å². The van der Waals surface area contributed by atoms with E-state index in [0.29, 0.717) is 0 Å². The number of nitrogens with zero attached hydrogens (tertiary/aromatic N) is 3. The maximum atomic E-state index is 13.3. The van der Waals surface area contributed by atoms with Gasteiger partial charge in [-0.3, -0.25) is 0 Å². The molecule has 0 unspecified atom stereocenters. The zero-order valence-corrected chi connectivity index (χ0v) is 7.46. The maximum absolute atomic E-state index is 13.3. The van der Waals surface area contributed by atoms with Gasteiger partial charge >= 0.3 is 5.97 Å². The van der Waals surface area contributed by atoms with Crippen molar-refractivity contribution >= 4 is 5.97 Å². The van der Waals surface area contributed by atoms with E-state index in [1.807, 2.05) is 0 Å². The second kappa shape index (κ2) is 3.49. The van der Waals surface area contributed by atoms with Crippen LogP contribution in [0.25, 0.3) is 5.69 Å². The second-order valence-electron chi connectivity index (χ2n) is 2.79. The van der Waals surface area contributed by atoms with Gasteiger partial charge in [-0.15, -0.1) is 5.10 Å². The monoisotopic (exact) mass is 207 g/mol. The fourth-order valence-electron chi connectivity index (χ4n) is 1.25. The summed E-state index contributed by atoms with van der Waals surface area (Å²) in [5, 5.41) is 16.0. The van der Waals surface area contributed by atoms with Gasteiger partial charge in [-0.05, 0) is 12.1 Å². The lowest BCUT2D eigenvalue weighted by Crippen LogP contribution is -2.08. The standard InChI is InChI=1S/C9H6FN3O2/c10-6-2-1-3-7(8(6)9(14)15)13-5-4-11-12-13/h1-5H,(H,14,15). The summed E-state index contributed by atoms with van der Waals surface area (Å²) in [5.74, 6) is -2.13. The first kappa shape index (κ1) is 9.32. The van der Waals surface area contributed by atoms with E-state index in [2.05, 4.69) is 10.3 Å². The van der Waals surface area contributed by atoms with Crippen LogP contribution in [0.2, 0.25) is 0 Å². The highest BCUT2D eigenvalue weighted by molar-refractivity contribution is 5.92. The smallest absolute Gasteiger partial charge is 0.340 e. The molecular weight excluding hydrogens is 201 g/mol. The molecule has 2 rings (SSSR count). The van der Waals surface area contributed by atoms with Crippen LogP contribution >= 0.6 is 0 Å². The van der Waals surface area contributed by atoms with Crippen molar-refractivity contribution in [2.45, 2.75) is 0 Å². The molecular formula is C9H6FN3O2. The van der Waals surface area contributed by atoms with Crippen LogP contribution in [-0.2, 0) is 0 Å². The highest BCUT2D eigenvalue weighted by atomic mass is 19.1. The third-order valence-corrected chi connectivity index (χ3v) is 1.87. The van der Waals surface area contributed by atoms with Gasteiger partial charge < -0.3 is 5.11 Å². The normalized spacial score (nSPS) is 10.2. The van der Waals surface area contributed by atoms with E-state index in [1.165, 1.54) is 29.2 Å². The summed E-state index contributed by atoms with van der Waals surface area (Å²) >= 11 is 0. The number of carboxylic acids is 1. The van der Waals surface area contributed by atoms with Crippen molar-refractivity contribution in [3.05, 3.63) is 42.0 Å². The van der Waals surface area contributed by atoms with Crippen molar-refractivity contribution in [1.82, 2.24) is 15.0 Å². The van der Waals surface area contributed by atoms with Crippen LogP contribution in [0.5, 0.6) is 0 Å². The molecule has 1 heterocycles. The molecule has 0 amide bonds. The fourth-order valence-corrected chi connectivity index (χ4v) is 1.25. The Bertz CT molecular complexity index is 496. The molecule has 76 valence electrons. The van der Waals surface area contributed by atoms with Gasteiger partial charge in [-0.25, -0.2) is 13.9 Å². The van der Waals surface area contributed by atoms with Crippen LogP contribution < -0.4 is 0 Å². The minimum absolute atomic E-state index is 0.153. The fraction of sp³-hybridized carbons (Fsp3) is 0. The Balaban J connectivity index is 2.66. The predicted molar refractivity (Wildman–Crippen MR) is 48.3 cm³/mol. The van der Waals surface area contributed by atoms with E-state index in [0.717, 1.165) is 6.07 Å². The van der Waals surface area contributed by atoms with Crippen molar-refractivity contribution < 1.29 is 14.3 Å². The summed E-state index contributed by atoms with van der Waals surface area (Å²) in [6, 6.07) is 3.96. The van der Waals surface area contributed by atoms with Crippen LogP contribution in [0.3, 0.4) is 0 Å². The quantitative estimate of drug-likeness (QED) is 0.800. The van der Waals surface area contributed by atoms with Crippen molar-refractivity contribution in [3.8, 4) is 5.69 Å². The molecule has 0 spiro atoms. The van der Waals surface area contributed by atoms with Crippen molar-refractivity contribution in [2.24, 2.45) is 0 Å². The molecule has 0 aliphatic heterocycles. The van der Waals surface area contributed by atoms with Crippen molar-refractivity contribution in [1.29, 1.82) is 0 Å². The molecule has 0 saturated carbocycles. The first-order valence-electron chi connectivity index (χ1n) is 4.08. The van der Waals surface area contributed by atoms with E-state index in [9.17, 15) is 9.18 Å². The Hall–Kier alpha value is -2.24. The molecule has 0 aliphatic carbocycles. The number of hydrogen-bond donors (Lipinski definition) is 1. The average molecular weight is 207 g/mol. The number of rotatable bonds is 2. The van der Waals surface area contributed by atoms with E-state index in [4.69, 9.17) is 5.11 Å². The van der Waals surface area contributed by atoms with Gasteiger partial charge in [0.15, 0.2) is 0 Å². The van der Waals surface area contributed by atoms with Crippen LogP contribution in [0, 0.1) is 5.82 Å². The molecule has 2 aromatic rings. The topological polar surface area (TPSA) is 68.0 Å². The summed E-state index contributed by atoms with van der Waals surface area (Å²) in [6.45, 7) is 0. The summed E-state index contributed by atoms with van der Waals surface area (Å²) < 4.78 is 14.5. The molecule has 1 N–H and O–H groups in total. The molecule has 0 saturated heterocycles. The minimum atomic E-state index is -1.33. The zero-order chi connectivity index (χ0) is 10.8.